The molecule has 242 valence electrons. The molecule has 0 aliphatic carbocycles. The number of rotatable bonds is 4. The van der Waals surface area contributed by atoms with Crippen molar-refractivity contribution in [3.63, 3.8) is 0 Å². The van der Waals surface area contributed by atoms with Crippen molar-refractivity contribution in [1.82, 2.24) is 4.57 Å². The number of para-hydroxylation sites is 4. The normalized spacial score (nSPS) is 12.7. The fourth-order valence-electron chi connectivity index (χ4n) is 8.62. The highest BCUT2D eigenvalue weighted by Gasteiger charge is 2.44. The Hall–Kier alpha value is -6.78. The van der Waals surface area contributed by atoms with Crippen LogP contribution in [0.1, 0.15) is 0 Å². The Morgan fingerprint density at radius 1 is 0.404 bits per heavy atom. The largest absolute Gasteiger partial charge is 0.458 e. The summed E-state index contributed by atoms with van der Waals surface area (Å²) in [5, 5.41) is 2.49. The second-order valence-corrected chi connectivity index (χ2v) is 13.7. The Morgan fingerprint density at radius 2 is 1.00 bits per heavy atom. The van der Waals surface area contributed by atoms with E-state index < -0.39 is 0 Å². The number of aromatic nitrogens is 1. The van der Waals surface area contributed by atoms with Crippen LogP contribution >= 0.6 is 0 Å². The van der Waals surface area contributed by atoms with E-state index in [-0.39, 0.29) is 6.85 Å². The molecular formula is C48H31BN2O. The lowest BCUT2D eigenvalue weighted by Crippen LogP contribution is -2.59. The van der Waals surface area contributed by atoms with Gasteiger partial charge in [0.1, 0.15) is 11.5 Å². The zero-order valence-electron chi connectivity index (χ0n) is 28.3. The van der Waals surface area contributed by atoms with Gasteiger partial charge in [0.25, 0.3) is 0 Å². The van der Waals surface area contributed by atoms with E-state index in [2.05, 4.69) is 197 Å². The summed E-state index contributed by atoms with van der Waals surface area (Å²) in [6.45, 7) is -0.0864. The third kappa shape index (κ3) is 4.28. The lowest BCUT2D eigenvalue weighted by atomic mass is 9.44. The molecular weight excluding hydrogens is 631 g/mol. The Bertz CT molecular complexity index is 2790. The van der Waals surface area contributed by atoms with Crippen molar-refractivity contribution in [2.45, 2.75) is 0 Å². The third-order valence-electron chi connectivity index (χ3n) is 10.8. The van der Waals surface area contributed by atoms with E-state index in [0.29, 0.717) is 0 Å². The van der Waals surface area contributed by atoms with E-state index in [9.17, 15) is 0 Å². The molecule has 0 fully saturated rings. The summed E-state index contributed by atoms with van der Waals surface area (Å²) in [5.41, 5.74) is 15.2. The highest BCUT2D eigenvalue weighted by atomic mass is 16.5. The molecule has 9 aromatic rings. The zero-order chi connectivity index (χ0) is 34.2. The predicted octanol–water partition coefficient (Wildman–Crippen LogP) is 11.1. The molecule has 52 heavy (non-hydrogen) atoms. The van der Waals surface area contributed by atoms with E-state index >= 15 is 0 Å². The molecule has 3 nitrogen and oxygen atoms in total. The van der Waals surface area contributed by atoms with Crippen molar-refractivity contribution < 1.29 is 4.74 Å². The zero-order valence-corrected chi connectivity index (χ0v) is 28.3. The molecule has 0 saturated carbocycles. The van der Waals surface area contributed by atoms with Gasteiger partial charge >= 0.3 is 6.85 Å². The Balaban J connectivity index is 1.17. The van der Waals surface area contributed by atoms with Crippen LogP contribution < -0.4 is 20.5 Å². The molecule has 0 bridgehead atoms. The number of nitrogens with zero attached hydrogens (tertiary/aromatic N) is 2. The molecule has 0 N–H and O–H groups in total. The summed E-state index contributed by atoms with van der Waals surface area (Å²) in [6, 6.07) is 67.7. The summed E-state index contributed by atoms with van der Waals surface area (Å²) in [5.74, 6) is 1.76. The van der Waals surface area contributed by atoms with Crippen molar-refractivity contribution in [3.05, 3.63) is 188 Å². The summed E-state index contributed by atoms with van der Waals surface area (Å²) < 4.78 is 9.52. The van der Waals surface area contributed by atoms with Crippen molar-refractivity contribution in [2.24, 2.45) is 0 Å². The van der Waals surface area contributed by atoms with Gasteiger partial charge in [-0.25, -0.2) is 0 Å². The summed E-state index contributed by atoms with van der Waals surface area (Å²) in [7, 11) is 0. The lowest BCUT2D eigenvalue weighted by Gasteiger charge is -2.42. The molecule has 2 aliphatic heterocycles. The fourth-order valence-corrected chi connectivity index (χ4v) is 8.62. The quantitative estimate of drug-likeness (QED) is 0.175. The highest BCUT2D eigenvalue weighted by Crippen LogP contribution is 2.46. The summed E-state index contributed by atoms with van der Waals surface area (Å²) in [6.07, 6.45) is 0. The van der Waals surface area contributed by atoms with Gasteiger partial charge in [-0.2, -0.15) is 0 Å². The van der Waals surface area contributed by atoms with Gasteiger partial charge in [0.05, 0.1) is 11.0 Å². The second kappa shape index (κ2) is 11.4. The minimum Gasteiger partial charge on any atom is -0.458 e. The van der Waals surface area contributed by atoms with Crippen LogP contribution in [0.4, 0.5) is 11.4 Å². The van der Waals surface area contributed by atoms with E-state index in [1.807, 2.05) is 0 Å². The fraction of sp³-hybridized carbons (Fsp3) is 0. The van der Waals surface area contributed by atoms with Gasteiger partial charge in [0, 0.05) is 44.9 Å². The molecule has 3 heterocycles. The van der Waals surface area contributed by atoms with E-state index in [1.165, 1.54) is 60.8 Å². The topological polar surface area (TPSA) is 17.4 Å². The van der Waals surface area contributed by atoms with Gasteiger partial charge in [0.15, 0.2) is 0 Å². The first-order valence-corrected chi connectivity index (χ1v) is 17.9. The van der Waals surface area contributed by atoms with E-state index in [0.717, 1.165) is 33.9 Å². The van der Waals surface area contributed by atoms with Crippen molar-refractivity contribution in [3.8, 4) is 50.6 Å². The molecule has 0 radical (unpaired) electrons. The highest BCUT2D eigenvalue weighted by molar-refractivity contribution is 6.92. The molecule has 4 heteroatoms. The first kappa shape index (κ1) is 29.0. The minimum absolute atomic E-state index is 0.0864. The molecule has 0 unspecified atom stereocenters. The predicted molar refractivity (Wildman–Crippen MR) is 217 cm³/mol. The van der Waals surface area contributed by atoms with Crippen LogP contribution in [0.2, 0.25) is 0 Å². The standard InChI is InChI=1S/C48H31BN2O/c1-3-15-32(16-4-1)36-19-7-8-20-37(36)33-29-41-40-23-11-14-26-45(40)51(34-17-5-2-6-18-34)49-42-28-27-35(31-46(42)52-47(30-33)48(41)49)50-43-24-12-9-21-38(43)39-22-10-13-25-44(39)50/h1-31H. The van der Waals surface area contributed by atoms with Gasteiger partial charge in [-0.15, -0.1) is 0 Å². The van der Waals surface area contributed by atoms with Crippen LogP contribution in [0.15, 0.2) is 188 Å². The molecule has 0 atom stereocenters. The van der Waals surface area contributed by atoms with E-state index in [1.54, 1.807) is 0 Å². The molecule has 11 rings (SSSR count). The number of hydrogen-bond donors (Lipinski definition) is 0. The molecule has 8 aromatic carbocycles. The van der Waals surface area contributed by atoms with Crippen LogP contribution in [-0.4, -0.2) is 11.4 Å². The van der Waals surface area contributed by atoms with Gasteiger partial charge in [0.2, 0.25) is 0 Å². The Morgan fingerprint density at radius 3 is 1.73 bits per heavy atom. The average Bonchev–Trinajstić information content (AvgIpc) is 3.55. The van der Waals surface area contributed by atoms with Gasteiger partial charge in [-0.05, 0) is 81.8 Å². The first-order chi connectivity index (χ1) is 25.8. The number of fused-ring (bicyclic) bond motifs is 7. The van der Waals surface area contributed by atoms with Crippen molar-refractivity contribution in [1.29, 1.82) is 0 Å². The van der Waals surface area contributed by atoms with Crippen molar-refractivity contribution in [2.75, 3.05) is 4.81 Å². The maximum atomic E-state index is 7.15. The third-order valence-corrected chi connectivity index (χ3v) is 10.8. The molecule has 0 spiro atoms. The SMILES string of the molecule is c1ccc(-c2ccccc2-c2cc3c4c(c2)-c2ccccc2N(c2ccccc2)B4c2ccc(-n4c5ccccc5c5ccccc54)cc2O3)cc1. The average molecular weight is 663 g/mol. The molecule has 1 aromatic heterocycles. The lowest BCUT2D eigenvalue weighted by molar-refractivity contribution is 0.487. The van der Waals surface area contributed by atoms with Crippen LogP contribution in [0.25, 0.3) is 60.9 Å². The molecule has 0 amide bonds. The molecule has 2 aliphatic rings. The minimum atomic E-state index is -0.0864. The second-order valence-electron chi connectivity index (χ2n) is 13.7. The smallest absolute Gasteiger partial charge is 0.336 e. The number of ether oxygens (including phenoxy) is 1. The first-order valence-electron chi connectivity index (χ1n) is 17.9. The number of anilines is 2. The molecule has 0 saturated heterocycles. The van der Waals surface area contributed by atoms with Crippen LogP contribution in [-0.2, 0) is 0 Å². The summed E-state index contributed by atoms with van der Waals surface area (Å²) in [4.78, 5) is 2.50. The van der Waals surface area contributed by atoms with Gasteiger partial charge < -0.3 is 14.1 Å². The monoisotopic (exact) mass is 662 g/mol. The van der Waals surface area contributed by atoms with E-state index in [4.69, 9.17) is 4.74 Å². The van der Waals surface area contributed by atoms with Gasteiger partial charge in [-0.1, -0.05) is 133 Å². The van der Waals surface area contributed by atoms with Crippen LogP contribution in [0.5, 0.6) is 11.5 Å². The Labute approximate surface area is 302 Å². The Kier molecular flexibility index (Phi) is 6.35. The van der Waals surface area contributed by atoms with Crippen molar-refractivity contribution >= 4 is 51.0 Å². The summed E-state index contributed by atoms with van der Waals surface area (Å²) >= 11 is 0. The number of hydrogen-bond acceptors (Lipinski definition) is 2. The maximum absolute atomic E-state index is 7.15. The number of benzene rings is 8. The van der Waals surface area contributed by atoms with Crippen LogP contribution in [0.3, 0.4) is 0 Å². The maximum Gasteiger partial charge on any atom is 0.336 e. The van der Waals surface area contributed by atoms with Crippen LogP contribution in [0, 0.1) is 0 Å². The van der Waals surface area contributed by atoms with Gasteiger partial charge in [-0.3, -0.25) is 0 Å².